The van der Waals surface area contributed by atoms with Gasteiger partial charge in [-0.1, -0.05) is 20.8 Å². The minimum Gasteiger partial charge on any atom is -0.457 e. The maximum absolute atomic E-state index is 7.10. The Morgan fingerprint density at radius 1 is 1.42 bits per heavy atom. The van der Waals surface area contributed by atoms with Gasteiger partial charge >= 0.3 is 0 Å². The van der Waals surface area contributed by atoms with E-state index < -0.39 is 9.76 Å². The van der Waals surface area contributed by atoms with E-state index >= 15 is 0 Å². The normalized spacial score (nSPS) is 18.7. The molecule has 1 aliphatic heterocycles. The van der Waals surface area contributed by atoms with Gasteiger partial charge in [0.25, 0.3) is 6.02 Å². The van der Waals surface area contributed by atoms with Crippen LogP contribution in [0.4, 0.5) is 0 Å². The standard InChI is InChI=1S/C10H22N2O2Si.CH2N2.Na/c1-9(2,3)15-14-10(4,5)7-6-12-8(11)13-7;2-1-3;/h7H,6,15H2,1-5H3,(H2,11,12);2H2;/t7-;;/m0../s1. The summed E-state index contributed by atoms with van der Waals surface area (Å²) in [6.07, 6.45) is 1.22. The molecule has 0 aromatic carbocycles. The first kappa shape index (κ1) is 21.0. The molecule has 1 heterocycles. The predicted molar refractivity (Wildman–Crippen MR) is 80.3 cm³/mol. The van der Waals surface area contributed by atoms with Crippen molar-refractivity contribution in [2.24, 2.45) is 16.5 Å². The van der Waals surface area contributed by atoms with Crippen molar-refractivity contribution in [2.75, 3.05) is 6.54 Å². The van der Waals surface area contributed by atoms with Crippen LogP contribution < -0.4 is 11.5 Å². The topological polar surface area (TPSA) is 107 Å². The summed E-state index contributed by atoms with van der Waals surface area (Å²) in [5.41, 5.74) is 9.35. The third kappa shape index (κ3) is 9.30. The Morgan fingerprint density at radius 2 is 1.89 bits per heavy atom. The van der Waals surface area contributed by atoms with Gasteiger partial charge in [0.15, 0.2) is 16.0 Å². The summed E-state index contributed by atoms with van der Waals surface area (Å²) in [6, 6.07) is 0.286. The van der Waals surface area contributed by atoms with Gasteiger partial charge in [0, 0.05) is 29.6 Å². The average molecular weight is 295 g/mol. The summed E-state index contributed by atoms with van der Waals surface area (Å²) in [4.78, 5) is 4.04. The van der Waals surface area contributed by atoms with Crippen LogP contribution in [0.15, 0.2) is 4.99 Å². The summed E-state index contributed by atoms with van der Waals surface area (Å²) in [7, 11) is -0.577. The number of rotatable bonds is 3. The van der Waals surface area contributed by atoms with Crippen LogP contribution in [0.1, 0.15) is 34.6 Å². The molecular weight excluding hydrogens is 271 g/mol. The smallest absolute Gasteiger partial charge is 0.282 e. The van der Waals surface area contributed by atoms with Crippen molar-refractivity contribution < 1.29 is 9.16 Å². The van der Waals surface area contributed by atoms with Gasteiger partial charge in [-0.2, -0.15) is 5.26 Å². The zero-order valence-electron chi connectivity index (χ0n) is 12.9. The molecule has 1 radical (unpaired) electrons. The zero-order valence-corrected chi connectivity index (χ0v) is 16.3. The van der Waals surface area contributed by atoms with Crippen molar-refractivity contribution in [1.29, 1.82) is 5.26 Å². The van der Waals surface area contributed by atoms with Crippen LogP contribution >= 0.6 is 0 Å². The summed E-state index contributed by atoms with van der Waals surface area (Å²) < 4.78 is 11.4. The van der Waals surface area contributed by atoms with E-state index in [9.17, 15) is 0 Å². The molecule has 0 fully saturated rings. The molecule has 4 N–H and O–H groups in total. The Kier molecular flexibility index (Phi) is 9.77. The number of nitrogens with two attached hydrogens (primary N) is 2. The fourth-order valence-corrected chi connectivity index (χ4v) is 2.24. The molecule has 0 saturated carbocycles. The van der Waals surface area contributed by atoms with Gasteiger partial charge in [-0.15, -0.1) is 0 Å². The third-order valence-corrected chi connectivity index (χ3v) is 4.08. The minimum atomic E-state index is -0.577. The Morgan fingerprint density at radius 3 is 2.21 bits per heavy atom. The molecule has 19 heavy (non-hydrogen) atoms. The first-order valence-electron chi connectivity index (χ1n) is 5.82. The van der Waals surface area contributed by atoms with Crippen molar-refractivity contribution >= 4 is 45.3 Å². The van der Waals surface area contributed by atoms with E-state index in [1.165, 1.54) is 6.19 Å². The molecule has 0 amide bonds. The van der Waals surface area contributed by atoms with Crippen LogP contribution in [-0.4, -0.2) is 63.6 Å². The van der Waals surface area contributed by atoms with Crippen LogP contribution in [-0.2, 0) is 9.16 Å². The van der Waals surface area contributed by atoms with E-state index in [2.05, 4.69) is 31.5 Å². The molecule has 0 saturated heterocycles. The molecule has 0 unspecified atom stereocenters. The van der Waals surface area contributed by atoms with Gasteiger partial charge in [-0.3, -0.25) is 0 Å². The largest absolute Gasteiger partial charge is 0.457 e. The van der Waals surface area contributed by atoms with E-state index in [1.807, 2.05) is 13.8 Å². The van der Waals surface area contributed by atoms with Crippen molar-refractivity contribution in [2.45, 2.75) is 51.4 Å². The van der Waals surface area contributed by atoms with Crippen molar-refractivity contribution in [3.8, 4) is 6.19 Å². The maximum atomic E-state index is 7.10. The van der Waals surface area contributed by atoms with Crippen LogP contribution in [0.2, 0.25) is 5.04 Å². The van der Waals surface area contributed by atoms with E-state index in [0.717, 1.165) is 0 Å². The second kappa shape index (κ2) is 8.82. The molecule has 1 atom stereocenters. The number of nitrogens with zero attached hydrogens (tertiary/aromatic N) is 2. The van der Waals surface area contributed by atoms with E-state index in [4.69, 9.17) is 20.2 Å². The molecule has 8 heteroatoms. The molecule has 105 valence electrons. The second-order valence-electron chi connectivity index (χ2n) is 5.87. The average Bonchev–Trinajstić information content (AvgIpc) is 2.63. The molecule has 0 aromatic heterocycles. The van der Waals surface area contributed by atoms with Crippen LogP contribution in [0.5, 0.6) is 0 Å². The number of hydrogen-bond acceptors (Lipinski definition) is 6. The van der Waals surface area contributed by atoms with E-state index in [-0.39, 0.29) is 47.3 Å². The summed E-state index contributed by atoms with van der Waals surface area (Å²) in [5.74, 6) is 0. The maximum Gasteiger partial charge on any atom is 0.282 e. The first-order chi connectivity index (χ1) is 8.12. The monoisotopic (exact) mass is 295 g/mol. The summed E-state index contributed by atoms with van der Waals surface area (Å²) in [6.45, 7) is 11.3. The fraction of sp³-hybridized carbons (Fsp3) is 0.818. The number of aliphatic imine (C=N–C) groups is 1. The Bertz CT molecular complexity index is 337. The van der Waals surface area contributed by atoms with Crippen LogP contribution in [0, 0.1) is 11.5 Å². The third-order valence-electron chi connectivity index (χ3n) is 2.33. The van der Waals surface area contributed by atoms with E-state index in [1.54, 1.807) is 0 Å². The molecule has 0 spiro atoms. The molecule has 1 rings (SSSR count). The van der Waals surface area contributed by atoms with Gasteiger partial charge in [0.1, 0.15) is 6.10 Å². The number of ether oxygens (including phenoxy) is 1. The predicted octanol–water partition coefficient (Wildman–Crippen LogP) is -0.157. The second-order valence-corrected chi connectivity index (χ2v) is 8.57. The van der Waals surface area contributed by atoms with Crippen molar-refractivity contribution in [3.05, 3.63) is 0 Å². The number of hydrogen-bond donors (Lipinski definition) is 2. The molecule has 0 aromatic rings. The Hall–Kier alpha value is -0.263. The fourth-order valence-electron chi connectivity index (χ4n) is 1.25. The van der Waals surface area contributed by atoms with Crippen LogP contribution in [0.25, 0.3) is 0 Å². The minimum absolute atomic E-state index is 0. The quantitative estimate of drug-likeness (QED) is 0.427. The van der Waals surface area contributed by atoms with E-state index in [0.29, 0.717) is 11.6 Å². The molecule has 0 bridgehead atoms. The first-order valence-corrected chi connectivity index (χ1v) is 7.11. The van der Waals surface area contributed by atoms with Gasteiger partial charge in [0.05, 0.1) is 12.1 Å². The van der Waals surface area contributed by atoms with Gasteiger partial charge < -0.3 is 20.6 Å². The SMILES string of the molecule is CC(C)(C)[SiH2]OC(C)(C)[C@@H]1CN=C(N)O1.N#CN.[Na]. The zero-order chi connectivity index (χ0) is 14.4. The summed E-state index contributed by atoms with van der Waals surface area (Å²) >= 11 is 0. The number of amidine groups is 1. The molecule has 0 aliphatic carbocycles. The Balaban J connectivity index is 0. The molecule has 1 aliphatic rings. The molecular formula is C11H24N4NaO2Si. The summed E-state index contributed by atoms with van der Waals surface area (Å²) in [5, 5.41) is 7.39. The molecule has 6 nitrogen and oxygen atoms in total. The van der Waals surface area contributed by atoms with Gasteiger partial charge in [-0.25, -0.2) is 4.99 Å². The number of nitriles is 1. The van der Waals surface area contributed by atoms with Crippen molar-refractivity contribution in [3.63, 3.8) is 0 Å². The van der Waals surface area contributed by atoms with Gasteiger partial charge in [-0.05, 0) is 18.9 Å². The van der Waals surface area contributed by atoms with Crippen LogP contribution in [0.3, 0.4) is 0 Å². The Labute approximate surface area is 140 Å². The van der Waals surface area contributed by atoms with Crippen molar-refractivity contribution in [1.82, 2.24) is 0 Å². The van der Waals surface area contributed by atoms with Gasteiger partial charge in [0.2, 0.25) is 0 Å².